The summed E-state index contributed by atoms with van der Waals surface area (Å²) in [5, 5.41) is 17.2. The van der Waals surface area contributed by atoms with Crippen molar-refractivity contribution < 1.29 is 28.7 Å². The molecule has 1 atom stereocenters. The van der Waals surface area contributed by atoms with Crippen molar-refractivity contribution in [1.29, 1.82) is 0 Å². The van der Waals surface area contributed by atoms with Crippen LogP contribution in [0.5, 0.6) is 0 Å². The van der Waals surface area contributed by atoms with Gasteiger partial charge in [-0.1, -0.05) is 13.0 Å². The number of aryl methyl sites for hydroxylation is 1. The third kappa shape index (κ3) is 8.61. The van der Waals surface area contributed by atoms with E-state index in [1.165, 1.54) is 0 Å². The highest BCUT2D eigenvalue weighted by Crippen LogP contribution is 2.34. The Morgan fingerprint density at radius 3 is 2.53 bits per heavy atom. The normalized spacial score (nSPS) is 15.8. The lowest BCUT2D eigenvalue weighted by Crippen LogP contribution is -2.54. The van der Waals surface area contributed by atoms with Crippen molar-refractivity contribution in [2.45, 2.75) is 90.4 Å². The van der Waals surface area contributed by atoms with Gasteiger partial charge >= 0.3 is 0 Å². The molecule has 5 aromatic rings. The molecule has 0 spiro atoms. The predicted molar refractivity (Wildman–Crippen MR) is 218 cm³/mol. The topological polar surface area (TPSA) is 205 Å². The van der Waals surface area contributed by atoms with Crippen LogP contribution in [-0.4, -0.2) is 89.5 Å². The van der Waals surface area contributed by atoms with Crippen LogP contribution in [0.1, 0.15) is 97.8 Å². The number of aromatic amines is 1. The van der Waals surface area contributed by atoms with Crippen molar-refractivity contribution in [3.63, 3.8) is 0 Å². The maximum atomic E-state index is 13.5. The van der Waals surface area contributed by atoms with E-state index in [-0.39, 0.29) is 29.9 Å². The lowest BCUT2D eigenvalue weighted by atomic mass is 9.98. The number of nitrogens with zero attached hydrogens (tertiary/aromatic N) is 5. The third-order valence-corrected chi connectivity index (χ3v) is 10.4. The molecule has 5 amide bonds. The van der Waals surface area contributed by atoms with Gasteiger partial charge in [-0.25, -0.2) is 4.98 Å². The highest BCUT2D eigenvalue weighted by Gasteiger charge is 2.46. The second-order valence-electron chi connectivity index (χ2n) is 15.9. The van der Waals surface area contributed by atoms with E-state index in [1.807, 2.05) is 69.2 Å². The Labute approximate surface area is 335 Å². The summed E-state index contributed by atoms with van der Waals surface area (Å²) in [4.78, 5) is 77.6. The lowest BCUT2D eigenvalue weighted by molar-refractivity contribution is -0.136. The molecule has 7 rings (SSSR count). The molecule has 16 nitrogen and oxygen atoms in total. The van der Waals surface area contributed by atoms with E-state index in [0.717, 1.165) is 40.2 Å². The van der Waals surface area contributed by atoms with E-state index in [2.05, 4.69) is 43.3 Å². The Kier molecular flexibility index (Phi) is 11.1. The van der Waals surface area contributed by atoms with Crippen molar-refractivity contribution >= 4 is 57.9 Å². The van der Waals surface area contributed by atoms with Crippen molar-refractivity contribution in [3.05, 3.63) is 83.8 Å². The molecule has 1 fully saturated rings. The molecule has 16 heteroatoms. The Hall–Kier alpha value is -6.42. The quantitative estimate of drug-likeness (QED) is 0.0782. The molecule has 58 heavy (non-hydrogen) atoms. The number of imide groups is 2. The molecule has 302 valence electrons. The summed E-state index contributed by atoms with van der Waals surface area (Å²) in [6.45, 7) is 11.6. The second kappa shape index (κ2) is 16.2. The number of H-pyrrole nitrogens is 1. The fourth-order valence-electron chi connectivity index (χ4n) is 7.17. The minimum absolute atomic E-state index is 0.0520. The van der Waals surface area contributed by atoms with Crippen LogP contribution in [0, 0.1) is 0 Å². The summed E-state index contributed by atoms with van der Waals surface area (Å²) in [6.07, 6.45) is 7.86. The highest BCUT2D eigenvalue weighted by atomic mass is 16.5. The van der Waals surface area contributed by atoms with Crippen molar-refractivity contribution in [1.82, 2.24) is 40.3 Å². The molecule has 2 aliphatic rings. The zero-order valence-corrected chi connectivity index (χ0v) is 33.3. The number of carbonyl (C=O) groups excluding carboxylic acids is 5. The molecule has 5 N–H and O–H groups in total. The van der Waals surface area contributed by atoms with Crippen LogP contribution in [-0.2, 0) is 20.9 Å². The van der Waals surface area contributed by atoms with Gasteiger partial charge in [-0.3, -0.25) is 38.9 Å². The van der Waals surface area contributed by atoms with Gasteiger partial charge in [-0.15, -0.1) is 0 Å². The van der Waals surface area contributed by atoms with Gasteiger partial charge in [-0.05, 0) is 95.8 Å². The molecule has 2 aromatic carbocycles. The van der Waals surface area contributed by atoms with Gasteiger partial charge in [0.1, 0.15) is 11.7 Å². The Morgan fingerprint density at radius 2 is 1.78 bits per heavy atom. The number of nitrogens with one attached hydrogen (secondary N) is 5. The number of fused-ring (bicyclic) bond motifs is 2. The molecule has 0 radical (unpaired) electrons. The maximum absolute atomic E-state index is 13.5. The largest absolute Gasteiger partial charge is 0.379 e. The first-order valence-electron chi connectivity index (χ1n) is 19.5. The lowest BCUT2D eigenvalue weighted by Gasteiger charge is -2.31. The number of benzene rings is 2. The summed E-state index contributed by atoms with van der Waals surface area (Å²) in [5.41, 5.74) is 3.41. The fraction of sp³-hybridized carbons (Fsp3) is 0.381. The van der Waals surface area contributed by atoms with Crippen LogP contribution in [0.3, 0.4) is 0 Å². The summed E-state index contributed by atoms with van der Waals surface area (Å²) in [6, 6.07) is 13.0. The van der Waals surface area contributed by atoms with Gasteiger partial charge < -0.3 is 25.7 Å². The first-order chi connectivity index (χ1) is 27.7. The first kappa shape index (κ1) is 39.8. The second-order valence-corrected chi connectivity index (χ2v) is 15.9. The van der Waals surface area contributed by atoms with Crippen LogP contribution in [0.2, 0.25) is 0 Å². The van der Waals surface area contributed by atoms with E-state index < -0.39 is 40.8 Å². The van der Waals surface area contributed by atoms with Crippen molar-refractivity contribution in [2.24, 2.45) is 0 Å². The Balaban J connectivity index is 0.886. The average Bonchev–Trinajstić information content (AvgIpc) is 3.90. The zero-order valence-electron chi connectivity index (χ0n) is 33.3. The van der Waals surface area contributed by atoms with Crippen molar-refractivity contribution in [2.75, 3.05) is 23.8 Å². The van der Waals surface area contributed by atoms with Crippen LogP contribution in [0.25, 0.3) is 22.3 Å². The first-order valence-corrected chi connectivity index (χ1v) is 19.5. The minimum Gasteiger partial charge on any atom is -0.379 e. The van der Waals surface area contributed by atoms with Gasteiger partial charge in [0.15, 0.2) is 0 Å². The van der Waals surface area contributed by atoms with Crippen molar-refractivity contribution in [3.8, 4) is 11.3 Å². The predicted octanol–water partition coefficient (Wildman–Crippen LogP) is 5.57. The van der Waals surface area contributed by atoms with E-state index in [1.54, 1.807) is 30.3 Å². The van der Waals surface area contributed by atoms with E-state index >= 15 is 0 Å². The van der Waals surface area contributed by atoms with E-state index in [9.17, 15) is 24.0 Å². The number of carbonyl (C=O) groups is 5. The van der Waals surface area contributed by atoms with E-state index in [0.29, 0.717) is 48.8 Å². The maximum Gasteiger partial charge on any atom is 0.264 e. The van der Waals surface area contributed by atoms with E-state index in [4.69, 9.17) is 9.72 Å². The molecule has 0 aliphatic carbocycles. The smallest absolute Gasteiger partial charge is 0.264 e. The number of anilines is 3. The third-order valence-electron chi connectivity index (χ3n) is 10.4. The molecule has 3 aromatic heterocycles. The molecule has 0 saturated carbocycles. The number of aromatic nitrogens is 5. The SMILES string of the molecule is CCCn1cc(-c2nc(Nc3ccc(C(=O)NCCC(C)(C)OCCC(C)(C)Nc4cccc5c4C(=O)N(C4CCC(=O)NC4=O)C5=O)cc3)nc3[nH]ccc23)cn1. The molecule has 1 unspecified atom stereocenters. The molecule has 5 heterocycles. The van der Waals surface area contributed by atoms with Crippen LogP contribution in [0.4, 0.5) is 17.3 Å². The number of amides is 5. The summed E-state index contributed by atoms with van der Waals surface area (Å²) >= 11 is 0. The van der Waals surface area contributed by atoms with Gasteiger partial charge in [0.05, 0.1) is 28.6 Å². The molecular weight excluding hydrogens is 741 g/mol. The number of hydrogen-bond acceptors (Lipinski definition) is 11. The van der Waals surface area contributed by atoms with Gasteiger partial charge in [-0.2, -0.15) is 10.1 Å². The zero-order chi connectivity index (χ0) is 41.2. The van der Waals surface area contributed by atoms with Gasteiger partial charge in [0, 0.05) is 71.9 Å². The van der Waals surface area contributed by atoms with Crippen LogP contribution in [0.15, 0.2) is 67.1 Å². The summed E-state index contributed by atoms with van der Waals surface area (Å²) < 4.78 is 8.16. The monoisotopic (exact) mass is 788 g/mol. The molecular formula is C42H48N10O6. The van der Waals surface area contributed by atoms with Crippen LogP contribution < -0.4 is 21.3 Å². The molecule has 0 bridgehead atoms. The summed E-state index contributed by atoms with van der Waals surface area (Å²) in [7, 11) is 0. The van der Waals surface area contributed by atoms with Gasteiger partial charge in [0.25, 0.3) is 17.7 Å². The molecule has 1 saturated heterocycles. The van der Waals surface area contributed by atoms with Crippen LogP contribution >= 0.6 is 0 Å². The fourth-order valence-corrected chi connectivity index (χ4v) is 7.17. The molecule has 2 aliphatic heterocycles. The number of piperidine rings is 1. The summed E-state index contributed by atoms with van der Waals surface area (Å²) in [5.74, 6) is -1.98. The standard InChI is InChI=1S/C42H48N10O6/c1-6-21-51-24-26(23-45-51)34-29-16-19-43-35(29)49-40(48-34)46-27-12-10-25(11-13-27)36(54)44-20-17-42(4,5)58-22-18-41(2,3)50-30-9-7-8-28-33(30)39(57)52(38(28)56)31-14-15-32(53)47-37(31)55/h7-13,16,19,23-24,31,50H,6,14-15,17-18,20-22H2,1-5H3,(H,44,54)(H,47,53,55)(H2,43,46,48,49). The number of ether oxygens (including phenoxy) is 1. The number of rotatable bonds is 16. The van der Waals surface area contributed by atoms with Gasteiger partial charge in [0.2, 0.25) is 17.8 Å². The Morgan fingerprint density at radius 1 is 0.983 bits per heavy atom. The number of hydrogen-bond donors (Lipinski definition) is 5. The average molecular weight is 789 g/mol. The minimum atomic E-state index is -1.04. The highest BCUT2D eigenvalue weighted by molar-refractivity contribution is 6.25. The Bertz CT molecular complexity index is 2380.